The van der Waals surface area contributed by atoms with E-state index in [9.17, 15) is 9.59 Å². The normalized spacial score (nSPS) is 19.8. The Bertz CT molecular complexity index is 439. The van der Waals surface area contributed by atoms with Crippen LogP contribution in [-0.4, -0.2) is 22.1 Å². The molecule has 1 unspecified atom stereocenters. The lowest BCUT2D eigenvalue weighted by molar-refractivity contribution is -0.136. The van der Waals surface area contributed by atoms with Crippen LogP contribution < -0.4 is 0 Å². The van der Waals surface area contributed by atoms with Crippen LogP contribution in [0.3, 0.4) is 0 Å². The summed E-state index contributed by atoms with van der Waals surface area (Å²) in [6, 6.07) is 5.54. The Morgan fingerprint density at radius 1 is 1.53 bits per heavy atom. The first-order chi connectivity index (χ1) is 7.08. The van der Waals surface area contributed by atoms with Gasteiger partial charge in [0.25, 0.3) is 0 Å². The van der Waals surface area contributed by atoms with Crippen molar-refractivity contribution in [3.05, 3.63) is 29.3 Å². The highest BCUT2D eigenvalue weighted by molar-refractivity contribution is 8.00. The van der Waals surface area contributed by atoms with Crippen molar-refractivity contribution >= 4 is 23.5 Å². The van der Waals surface area contributed by atoms with Gasteiger partial charge < -0.3 is 5.11 Å². The smallest absolute Gasteiger partial charge is 0.317 e. The number of fused-ring (bicyclic) bond motifs is 1. The highest BCUT2D eigenvalue weighted by Gasteiger charge is 2.30. The predicted octanol–water partition coefficient (Wildman–Crippen LogP) is 2.13. The number of aliphatic carboxylic acids is 1. The Morgan fingerprint density at radius 2 is 2.27 bits per heavy atom. The molecule has 78 valence electrons. The highest BCUT2D eigenvalue weighted by atomic mass is 32.2. The van der Waals surface area contributed by atoms with Gasteiger partial charge in [0.15, 0.2) is 5.78 Å². The van der Waals surface area contributed by atoms with Gasteiger partial charge in [0.2, 0.25) is 0 Å². The third-order valence-electron chi connectivity index (χ3n) is 2.35. The molecule has 1 heterocycles. The number of Topliss-reactive ketones (excluding diaryl/α,β-unsaturated/α-hetero) is 1. The van der Waals surface area contributed by atoms with Crippen LogP contribution in [0.15, 0.2) is 23.1 Å². The SMILES string of the molecule is Cc1ccc2c(c1)C(=O)CC(C(=O)O)S2. The van der Waals surface area contributed by atoms with Gasteiger partial charge in [-0.2, -0.15) is 0 Å². The number of rotatable bonds is 1. The van der Waals surface area contributed by atoms with Crippen LogP contribution in [0.25, 0.3) is 0 Å². The molecule has 1 N–H and O–H groups in total. The Labute approximate surface area is 91.5 Å². The molecule has 0 amide bonds. The third kappa shape index (κ3) is 1.90. The molecule has 2 rings (SSSR count). The van der Waals surface area contributed by atoms with E-state index in [2.05, 4.69) is 0 Å². The number of benzene rings is 1. The molecule has 0 fully saturated rings. The van der Waals surface area contributed by atoms with Crippen LogP contribution in [0.2, 0.25) is 0 Å². The molecule has 0 aliphatic carbocycles. The van der Waals surface area contributed by atoms with Gasteiger partial charge in [0.05, 0.1) is 0 Å². The van der Waals surface area contributed by atoms with Crippen LogP contribution in [0, 0.1) is 6.92 Å². The first kappa shape index (κ1) is 10.2. The largest absolute Gasteiger partial charge is 0.480 e. The van der Waals surface area contributed by atoms with E-state index < -0.39 is 11.2 Å². The zero-order valence-corrected chi connectivity index (χ0v) is 9.00. The zero-order chi connectivity index (χ0) is 11.0. The molecule has 0 radical (unpaired) electrons. The fraction of sp³-hybridized carbons (Fsp3) is 0.273. The fourth-order valence-corrected chi connectivity index (χ4v) is 2.66. The molecule has 4 heteroatoms. The average molecular weight is 222 g/mol. The number of carbonyl (C=O) groups is 2. The fourth-order valence-electron chi connectivity index (χ4n) is 1.58. The van der Waals surface area contributed by atoms with Gasteiger partial charge in [-0.05, 0) is 19.1 Å². The number of carboxylic acid groups (broad SMARTS) is 1. The summed E-state index contributed by atoms with van der Waals surface area (Å²) in [5.41, 5.74) is 1.69. The van der Waals surface area contributed by atoms with Gasteiger partial charge in [0.1, 0.15) is 5.25 Å². The van der Waals surface area contributed by atoms with E-state index in [1.54, 1.807) is 0 Å². The molecular weight excluding hydrogens is 212 g/mol. The number of hydrogen-bond acceptors (Lipinski definition) is 3. The number of carbonyl (C=O) groups excluding carboxylic acids is 1. The Balaban J connectivity index is 2.41. The van der Waals surface area contributed by atoms with Gasteiger partial charge >= 0.3 is 5.97 Å². The number of ketones is 1. The summed E-state index contributed by atoms with van der Waals surface area (Å²) in [5.74, 6) is -0.987. The van der Waals surface area contributed by atoms with E-state index in [1.165, 1.54) is 11.8 Å². The lowest BCUT2D eigenvalue weighted by Crippen LogP contribution is -2.24. The Hall–Kier alpha value is -1.29. The molecule has 0 aromatic heterocycles. The van der Waals surface area contributed by atoms with Crippen LogP contribution in [-0.2, 0) is 4.79 Å². The van der Waals surface area contributed by atoms with E-state index in [-0.39, 0.29) is 12.2 Å². The highest BCUT2D eigenvalue weighted by Crippen LogP contribution is 2.35. The molecule has 3 nitrogen and oxygen atoms in total. The Kier molecular flexibility index (Phi) is 2.52. The molecule has 1 aliphatic rings. The summed E-state index contributed by atoms with van der Waals surface area (Å²) in [5, 5.41) is 8.23. The van der Waals surface area contributed by atoms with Gasteiger partial charge in [-0.1, -0.05) is 11.6 Å². The van der Waals surface area contributed by atoms with Crippen molar-refractivity contribution in [1.82, 2.24) is 0 Å². The van der Waals surface area contributed by atoms with Crippen LogP contribution >= 0.6 is 11.8 Å². The van der Waals surface area contributed by atoms with E-state index in [0.717, 1.165) is 10.5 Å². The molecule has 1 aromatic rings. The van der Waals surface area contributed by atoms with E-state index in [0.29, 0.717) is 5.56 Å². The quantitative estimate of drug-likeness (QED) is 0.790. The summed E-state index contributed by atoms with van der Waals surface area (Å²) >= 11 is 1.26. The Morgan fingerprint density at radius 3 is 2.93 bits per heavy atom. The standard InChI is InChI=1S/C11H10O3S/c1-6-2-3-9-7(4-6)8(12)5-10(15-9)11(13)14/h2-4,10H,5H2,1H3,(H,13,14). The maximum absolute atomic E-state index is 11.7. The summed E-state index contributed by atoms with van der Waals surface area (Å²) in [6.45, 7) is 1.92. The van der Waals surface area contributed by atoms with Crippen molar-refractivity contribution < 1.29 is 14.7 Å². The van der Waals surface area contributed by atoms with Gasteiger partial charge in [-0.25, -0.2) is 0 Å². The van der Waals surface area contributed by atoms with Crippen molar-refractivity contribution in [3.63, 3.8) is 0 Å². The maximum atomic E-state index is 11.7. The minimum Gasteiger partial charge on any atom is -0.480 e. The molecule has 1 aromatic carbocycles. The predicted molar refractivity (Wildman–Crippen MR) is 57.4 cm³/mol. The van der Waals surface area contributed by atoms with Gasteiger partial charge in [-0.15, -0.1) is 11.8 Å². The minimum absolute atomic E-state index is 0.0696. The first-order valence-corrected chi connectivity index (χ1v) is 5.49. The maximum Gasteiger partial charge on any atom is 0.317 e. The molecule has 15 heavy (non-hydrogen) atoms. The van der Waals surface area contributed by atoms with Crippen molar-refractivity contribution in [3.8, 4) is 0 Å². The second-order valence-electron chi connectivity index (χ2n) is 3.57. The number of carboxylic acids is 1. The molecule has 0 spiro atoms. The topological polar surface area (TPSA) is 54.4 Å². The van der Waals surface area contributed by atoms with Crippen LogP contribution in [0.5, 0.6) is 0 Å². The van der Waals surface area contributed by atoms with Crippen molar-refractivity contribution in [2.75, 3.05) is 0 Å². The van der Waals surface area contributed by atoms with Crippen LogP contribution in [0.1, 0.15) is 22.3 Å². The van der Waals surface area contributed by atoms with Crippen molar-refractivity contribution in [1.29, 1.82) is 0 Å². The summed E-state index contributed by atoms with van der Waals surface area (Å²) in [6.07, 6.45) is 0.0937. The average Bonchev–Trinajstić information content (AvgIpc) is 2.18. The number of aryl methyl sites for hydroxylation is 1. The molecule has 0 bridgehead atoms. The molecule has 0 saturated carbocycles. The second-order valence-corrected chi connectivity index (χ2v) is 4.82. The first-order valence-electron chi connectivity index (χ1n) is 4.61. The molecule has 1 aliphatic heterocycles. The third-order valence-corrected chi connectivity index (χ3v) is 3.61. The van der Waals surface area contributed by atoms with Crippen molar-refractivity contribution in [2.24, 2.45) is 0 Å². The zero-order valence-electron chi connectivity index (χ0n) is 8.19. The lowest BCUT2D eigenvalue weighted by atomic mass is 10.0. The number of thioether (sulfide) groups is 1. The summed E-state index contributed by atoms with van der Waals surface area (Å²) in [7, 11) is 0. The molecule has 1 atom stereocenters. The minimum atomic E-state index is -0.917. The lowest BCUT2D eigenvalue weighted by Gasteiger charge is -2.19. The summed E-state index contributed by atoms with van der Waals surface area (Å²) < 4.78 is 0. The van der Waals surface area contributed by atoms with E-state index >= 15 is 0 Å². The van der Waals surface area contributed by atoms with E-state index in [1.807, 2.05) is 25.1 Å². The monoisotopic (exact) mass is 222 g/mol. The van der Waals surface area contributed by atoms with Gasteiger partial charge in [0, 0.05) is 16.9 Å². The van der Waals surface area contributed by atoms with Crippen molar-refractivity contribution in [2.45, 2.75) is 23.5 Å². The number of hydrogen-bond donors (Lipinski definition) is 1. The second kappa shape index (κ2) is 3.70. The van der Waals surface area contributed by atoms with Crippen LogP contribution in [0.4, 0.5) is 0 Å². The molecular formula is C11H10O3S. The van der Waals surface area contributed by atoms with Gasteiger partial charge in [-0.3, -0.25) is 9.59 Å². The molecule has 0 saturated heterocycles. The van der Waals surface area contributed by atoms with E-state index in [4.69, 9.17) is 5.11 Å². The summed E-state index contributed by atoms with van der Waals surface area (Å²) in [4.78, 5) is 23.3.